The minimum Gasteiger partial charge on any atom is -0.347 e. The molecule has 6 heteroatoms. The van der Waals surface area contributed by atoms with E-state index in [1.165, 1.54) is 0 Å². The van der Waals surface area contributed by atoms with Crippen molar-refractivity contribution < 1.29 is 8.78 Å². The Morgan fingerprint density at radius 3 is 2.67 bits per heavy atom. The van der Waals surface area contributed by atoms with Gasteiger partial charge in [-0.25, -0.2) is 18.7 Å². The standard InChI is InChI=1S/C18H16F2N4/c1-12-18(19,20)8-10-24(12)17-14-6-2-3-7-15(14)22-16(23-17)13-5-4-9-21-11-13/h2-7,9,11-12H,8,10H2,1H3. The Bertz CT molecular complexity index is 883. The molecule has 24 heavy (non-hydrogen) atoms. The quantitative estimate of drug-likeness (QED) is 0.716. The van der Waals surface area contributed by atoms with Crippen LogP contribution in [0.25, 0.3) is 22.3 Å². The molecular weight excluding hydrogens is 310 g/mol. The van der Waals surface area contributed by atoms with Gasteiger partial charge in [0.2, 0.25) is 0 Å². The SMILES string of the molecule is CC1N(c2nc(-c3cccnc3)nc3ccccc23)CCC1(F)F. The molecule has 4 rings (SSSR count). The van der Waals surface area contributed by atoms with Gasteiger partial charge in [0.05, 0.1) is 11.6 Å². The van der Waals surface area contributed by atoms with Gasteiger partial charge in [0.15, 0.2) is 5.82 Å². The molecule has 0 amide bonds. The maximum atomic E-state index is 14.0. The minimum absolute atomic E-state index is 0.158. The highest BCUT2D eigenvalue weighted by Crippen LogP contribution is 2.38. The molecule has 1 aliphatic rings. The lowest BCUT2D eigenvalue weighted by Gasteiger charge is -2.26. The van der Waals surface area contributed by atoms with Gasteiger partial charge >= 0.3 is 0 Å². The first-order chi connectivity index (χ1) is 11.6. The van der Waals surface area contributed by atoms with Crippen LogP contribution in [0.15, 0.2) is 48.8 Å². The van der Waals surface area contributed by atoms with Crippen molar-refractivity contribution in [3.05, 3.63) is 48.8 Å². The summed E-state index contributed by atoms with van der Waals surface area (Å²) >= 11 is 0. The van der Waals surface area contributed by atoms with Crippen molar-refractivity contribution in [1.29, 1.82) is 0 Å². The van der Waals surface area contributed by atoms with Gasteiger partial charge in [-0.3, -0.25) is 4.98 Å². The summed E-state index contributed by atoms with van der Waals surface area (Å²) in [6, 6.07) is 10.3. The Balaban J connectivity index is 1.91. The van der Waals surface area contributed by atoms with Crippen LogP contribution >= 0.6 is 0 Å². The summed E-state index contributed by atoms with van der Waals surface area (Å²) in [6.45, 7) is 1.83. The first kappa shape index (κ1) is 14.9. The van der Waals surface area contributed by atoms with Crippen LogP contribution < -0.4 is 4.90 Å². The van der Waals surface area contributed by atoms with Gasteiger partial charge in [-0.1, -0.05) is 12.1 Å². The summed E-state index contributed by atoms with van der Waals surface area (Å²) in [6.07, 6.45) is 3.19. The fourth-order valence-corrected chi connectivity index (χ4v) is 3.09. The van der Waals surface area contributed by atoms with Crippen LogP contribution in [0.5, 0.6) is 0 Å². The molecule has 0 aliphatic carbocycles. The van der Waals surface area contributed by atoms with Crippen LogP contribution in [0.3, 0.4) is 0 Å². The van der Waals surface area contributed by atoms with E-state index in [2.05, 4.69) is 15.0 Å². The lowest BCUT2D eigenvalue weighted by Crippen LogP contribution is -2.36. The second-order valence-electron chi connectivity index (χ2n) is 6.01. The lowest BCUT2D eigenvalue weighted by atomic mass is 10.1. The average molecular weight is 326 g/mol. The zero-order valence-corrected chi connectivity index (χ0v) is 13.2. The predicted molar refractivity (Wildman–Crippen MR) is 89.1 cm³/mol. The Labute approximate surface area is 138 Å². The molecule has 4 nitrogen and oxygen atoms in total. The van der Waals surface area contributed by atoms with E-state index in [1.807, 2.05) is 30.3 Å². The molecule has 3 aromatic rings. The topological polar surface area (TPSA) is 41.9 Å². The number of rotatable bonds is 2. The summed E-state index contributed by atoms with van der Waals surface area (Å²) < 4.78 is 28.0. The first-order valence-electron chi connectivity index (χ1n) is 7.88. The van der Waals surface area contributed by atoms with E-state index in [0.29, 0.717) is 11.6 Å². The number of benzene rings is 1. The number of para-hydroxylation sites is 1. The van der Waals surface area contributed by atoms with Gasteiger partial charge in [0.1, 0.15) is 5.82 Å². The van der Waals surface area contributed by atoms with E-state index in [0.717, 1.165) is 16.5 Å². The van der Waals surface area contributed by atoms with E-state index >= 15 is 0 Å². The third-order valence-electron chi connectivity index (χ3n) is 4.54. The summed E-state index contributed by atoms with van der Waals surface area (Å²) in [4.78, 5) is 15.0. The summed E-state index contributed by atoms with van der Waals surface area (Å²) in [5, 5.41) is 0.787. The van der Waals surface area contributed by atoms with E-state index in [-0.39, 0.29) is 13.0 Å². The lowest BCUT2D eigenvalue weighted by molar-refractivity contribution is -0.00183. The minimum atomic E-state index is -2.71. The van der Waals surface area contributed by atoms with Crippen molar-refractivity contribution in [2.75, 3.05) is 11.4 Å². The molecule has 1 fully saturated rings. The summed E-state index contributed by atoms with van der Waals surface area (Å²) in [5.74, 6) is -1.65. The van der Waals surface area contributed by atoms with Crippen LogP contribution in [-0.4, -0.2) is 33.5 Å². The highest BCUT2D eigenvalue weighted by atomic mass is 19.3. The molecule has 1 aromatic carbocycles. The van der Waals surface area contributed by atoms with Gasteiger partial charge in [-0.05, 0) is 31.2 Å². The maximum absolute atomic E-state index is 14.0. The molecule has 0 bridgehead atoms. The number of halogens is 2. The number of hydrogen-bond acceptors (Lipinski definition) is 4. The van der Waals surface area contributed by atoms with Crippen molar-refractivity contribution in [3.63, 3.8) is 0 Å². The second-order valence-corrected chi connectivity index (χ2v) is 6.01. The highest BCUT2D eigenvalue weighted by Gasteiger charge is 2.46. The van der Waals surface area contributed by atoms with Crippen molar-refractivity contribution in [3.8, 4) is 11.4 Å². The fourth-order valence-electron chi connectivity index (χ4n) is 3.09. The van der Waals surface area contributed by atoms with Crippen molar-refractivity contribution in [1.82, 2.24) is 15.0 Å². The first-order valence-corrected chi connectivity index (χ1v) is 7.88. The molecule has 0 radical (unpaired) electrons. The van der Waals surface area contributed by atoms with Gasteiger partial charge in [-0.15, -0.1) is 0 Å². The van der Waals surface area contributed by atoms with Crippen LogP contribution in [0, 0.1) is 0 Å². The molecular formula is C18H16F2N4. The monoisotopic (exact) mass is 326 g/mol. The predicted octanol–water partition coefficient (Wildman–Crippen LogP) is 3.93. The molecule has 122 valence electrons. The van der Waals surface area contributed by atoms with Crippen molar-refractivity contribution in [2.45, 2.75) is 25.3 Å². The number of aromatic nitrogens is 3. The van der Waals surface area contributed by atoms with Gasteiger partial charge < -0.3 is 4.90 Å². The van der Waals surface area contributed by atoms with Crippen molar-refractivity contribution in [2.24, 2.45) is 0 Å². The fraction of sp³-hybridized carbons (Fsp3) is 0.278. The molecule has 3 heterocycles. The van der Waals surface area contributed by atoms with Crippen LogP contribution in [-0.2, 0) is 0 Å². The third-order valence-corrected chi connectivity index (χ3v) is 4.54. The molecule has 1 unspecified atom stereocenters. The van der Waals surface area contributed by atoms with E-state index in [1.54, 1.807) is 30.3 Å². The summed E-state index contributed by atoms with van der Waals surface area (Å²) in [5.41, 5.74) is 1.51. The normalized spacial score (nSPS) is 19.8. The summed E-state index contributed by atoms with van der Waals surface area (Å²) in [7, 11) is 0. The van der Waals surface area contributed by atoms with Crippen LogP contribution in [0.2, 0.25) is 0 Å². The van der Waals surface area contributed by atoms with E-state index in [9.17, 15) is 8.78 Å². The molecule has 1 aliphatic heterocycles. The highest BCUT2D eigenvalue weighted by molar-refractivity contribution is 5.91. The number of nitrogens with zero attached hydrogens (tertiary/aromatic N) is 4. The smallest absolute Gasteiger partial charge is 0.269 e. The molecule has 1 saturated heterocycles. The Morgan fingerprint density at radius 1 is 1.12 bits per heavy atom. The van der Waals surface area contributed by atoms with E-state index in [4.69, 9.17) is 0 Å². The van der Waals surface area contributed by atoms with Crippen LogP contribution in [0.1, 0.15) is 13.3 Å². The Kier molecular flexibility index (Phi) is 3.40. The van der Waals surface area contributed by atoms with Crippen molar-refractivity contribution >= 4 is 16.7 Å². The molecule has 2 aromatic heterocycles. The zero-order valence-electron chi connectivity index (χ0n) is 13.2. The zero-order chi connectivity index (χ0) is 16.7. The molecule has 0 N–H and O–H groups in total. The number of alkyl halides is 2. The maximum Gasteiger partial charge on any atom is 0.269 e. The number of anilines is 1. The van der Waals surface area contributed by atoms with Crippen LogP contribution in [0.4, 0.5) is 14.6 Å². The van der Waals surface area contributed by atoms with Gasteiger partial charge in [0.25, 0.3) is 5.92 Å². The third kappa shape index (κ3) is 2.38. The second kappa shape index (κ2) is 5.47. The van der Waals surface area contributed by atoms with Gasteiger partial charge in [-0.2, -0.15) is 0 Å². The molecule has 1 atom stereocenters. The molecule has 0 saturated carbocycles. The molecule has 0 spiro atoms. The Hall–Kier alpha value is -2.63. The number of fused-ring (bicyclic) bond motifs is 1. The Morgan fingerprint density at radius 2 is 1.96 bits per heavy atom. The number of pyridine rings is 1. The van der Waals surface area contributed by atoms with E-state index < -0.39 is 12.0 Å². The number of hydrogen-bond donors (Lipinski definition) is 0. The largest absolute Gasteiger partial charge is 0.347 e. The average Bonchev–Trinajstić information content (AvgIpc) is 2.88. The van der Waals surface area contributed by atoms with Gasteiger partial charge in [0, 0.05) is 36.3 Å².